The number of nitrogens with one attached hydrogen (secondary N) is 1. The molecule has 1 unspecified atom stereocenters. The summed E-state index contributed by atoms with van der Waals surface area (Å²) in [4.78, 5) is 1.02. The molecule has 0 amide bonds. The van der Waals surface area contributed by atoms with Gasteiger partial charge < -0.3 is 15.8 Å². The Morgan fingerprint density at radius 2 is 1.88 bits per heavy atom. The van der Waals surface area contributed by atoms with Gasteiger partial charge in [-0.15, -0.1) is 0 Å². The van der Waals surface area contributed by atoms with Crippen LogP contribution in [0.25, 0.3) is 5.70 Å². The van der Waals surface area contributed by atoms with Gasteiger partial charge >= 0.3 is 0 Å². The molecule has 0 aromatic heterocycles. The molecular formula is C18H23FN4OS. The number of nitrogens with two attached hydrogens (primary N) is 2. The van der Waals surface area contributed by atoms with Crippen molar-refractivity contribution in [1.29, 1.82) is 0 Å². The molecule has 134 valence electrons. The lowest BCUT2D eigenvalue weighted by Crippen LogP contribution is -2.29. The van der Waals surface area contributed by atoms with Crippen molar-refractivity contribution in [2.24, 2.45) is 11.6 Å². The van der Waals surface area contributed by atoms with Gasteiger partial charge in [0.05, 0.1) is 18.3 Å². The molecule has 2 aromatic rings. The maximum absolute atomic E-state index is 13.0. The predicted molar refractivity (Wildman–Crippen MR) is 100 cm³/mol. The van der Waals surface area contributed by atoms with Crippen molar-refractivity contribution in [3.05, 3.63) is 71.7 Å². The SMILES string of the molecule is CC(c1ccc(F)cc1)N(N)/C=C(\N)c1ccc(SNCCO)cc1. The first-order valence-electron chi connectivity index (χ1n) is 7.88. The van der Waals surface area contributed by atoms with Gasteiger partial charge in [-0.1, -0.05) is 24.3 Å². The van der Waals surface area contributed by atoms with Crippen LogP contribution in [0.2, 0.25) is 0 Å². The van der Waals surface area contributed by atoms with E-state index in [4.69, 9.17) is 16.7 Å². The number of aliphatic hydroxyl groups excluding tert-OH is 1. The van der Waals surface area contributed by atoms with Gasteiger partial charge in [0.2, 0.25) is 0 Å². The predicted octanol–water partition coefficient (Wildman–Crippen LogP) is 2.61. The Kier molecular flexibility index (Phi) is 7.27. The first-order chi connectivity index (χ1) is 12.0. The summed E-state index contributed by atoms with van der Waals surface area (Å²) in [6, 6.07) is 13.8. The van der Waals surface area contributed by atoms with Crippen molar-refractivity contribution in [2.45, 2.75) is 17.9 Å². The van der Waals surface area contributed by atoms with E-state index >= 15 is 0 Å². The summed E-state index contributed by atoms with van der Waals surface area (Å²) in [7, 11) is 0. The summed E-state index contributed by atoms with van der Waals surface area (Å²) in [5.41, 5.74) is 8.42. The standard InChI is InChI=1S/C18H23FN4OS/c1-13(14-2-6-16(19)7-3-14)23(21)12-18(20)15-4-8-17(9-5-15)25-22-10-11-24/h2-9,12-13,22,24H,10-11,20-21H2,1H3/b18-12-. The lowest BCUT2D eigenvalue weighted by atomic mass is 10.1. The molecule has 0 fully saturated rings. The molecule has 0 heterocycles. The third kappa shape index (κ3) is 5.75. The summed E-state index contributed by atoms with van der Waals surface area (Å²) in [6.07, 6.45) is 1.67. The molecular weight excluding hydrogens is 339 g/mol. The van der Waals surface area contributed by atoms with E-state index in [-0.39, 0.29) is 18.5 Å². The second-order valence-corrected chi connectivity index (χ2v) is 6.47. The smallest absolute Gasteiger partial charge is 0.123 e. The highest BCUT2D eigenvalue weighted by molar-refractivity contribution is 7.97. The largest absolute Gasteiger partial charge is 0.397 e. The Bertz CT molecular complexity index is 691. The van der Waals surface area contributed by atoms with Gasteiger partial charge in [-0.3, -0.25) is 4.72 Å². The maximum atomic E-state index is 13.0. The Hall–Kier alpha value is -2.06. The van der Waals surface area contributed by atoms with Crippen LogP contribution in [-0.4, -0.2) is 23.3 Å². The molecule has 7 heteroatoms. The molecule has 1 atom stereocenters. The van der Waals surface area contributed by atoms with Crippen LogP contribution < -0.4 is 16.3 Å². The second kappa shape index (κ2) is 9.43. The number of aliphatic hydroxyl groups is 1. The van der Waals surface area contributed by atoms with Crippen LogP contribution in [0.15, 0.2) is 59.6 Å². The fourth-order valence-corrected chi connectivity index (χ4v) is 2.79. The summed E-state index contributed by atoms with van der Waals surface area (Å²) < 4.78 is 16.1. The average Bonchev–Trinajstić information content (AvgIpc) is 2.62. The Morgan fingerprint density at radius 3 is 2.48 bits per heavy atom. The Morgan fingerprint density at radius 1 is 1.24 bits per heavy atom. The number of nitrogens with zero attached hydrogens (tertiary/aromatic N) is 1. The van der Waals surface area contributed by atoms with E-state index in [2.05, 4.69) is 4.72 Å². The quantitative estimate of drug-likeness (QED) is 0.250. The van der Waals surface area contributed by atoms with Crippen molar-refractivity contribution in [3.8, 4) is 0 Å². The molecule has 0 bridgehead atoms. The van der Waals surface area contributed by atoms with E-state index in [0.717, 1.165) is 16.0 Å². The first kappa shape index (κ1) is 19.3. The van der Waals surface area contributed by atoms with E-state index in [1.165, 1.54) is 29.1 Å². The molecule has 6 N–H and O–H groups in total. The molecule has 5 nitrogen and oxygen atoms in total. The summed E-state index contributed by atoms with van der Waals surface area (Å²) in [5.74, 6) is 5.81. The number of halogens is 1. The van der Waals surface area contributed by atoms with Crippen LogP contribution in [0.3, 0.4) is 0 Å². The highest BCUT2D eigenvalue weighted by Gasteiger charge is 2.10. The van der Waals surface area contributed by atoms with E-state index in [9.17, 15) is 4.39 Å². The van der Waals surface area contributed by atoms with Gasteiger partial charge in [0.25, 0.3) is 0 Å². The fraction of sp³-hybridized carbons (Fsp3) is 0.222. The van der Waals surface area contributed by atoms with Crippen LogP contribution >= 0.6 is 11.9 Å². The number of hydrazine groups is 1. The van der Waals surface area contributed by atoms with Gasteiger partial charge in [-0.2, -0.15) is 0 Å². The third-order valence-corrected chi connectivity index (χ3v) is 4.54. The topological polar surface area (TPSA) is 87.5 Å². The fourth-order valence-electron chi connectivity index (χ4n) is 2.16. The Balaban J connectivity index is 2.02. The number of hydrogen-bond donors (Lipinski definition) is 4. The molecule has 0 aliphatic heterocycles. The molecule has 0 saturated carbocycles. The summed E-state index contributed by atoms with van der Waals surface area (Å²) >= 11 is 1.45. The Labute approximate surface area is 151 Å². The highest BCUT2D eigenvalue weighted by Crippen LogP contribution is 2.21. The van der Waals surface area contributed by atoms with Crippen LogP contribution in [-0.2, 0) is 0 Å². The molecule has 0 aliphatic rings. The minimum Gasteiger partial charge on any atom is -0.397 e. The summed E-state index contributed by atoms with van der Waals surface area (Å²) in [5, 5.41) is 10.3. The first-order valence-corrected chi connectivity index (χ1v) is 8.69. The lowest BCUT2D eigenvalue weighted by molar-refractivity contribution is 0.302. The highest BCUT2D eigenvalue weighted by atomic mass is 32.2. The van der Waals surface area contributed by atoms with Gasteiger partial charge in [0, 0.05) is 17.6 Å². The molecule has 0 aliphatic carbocycles. The third-order valence-electron chi connectivity index (χ3n) is 3.68. The van der Waals surface area contributed by atoms with Crippen molar-refractivity contribution in [1.82, 2.24) is 9.73 Å². The summed E-state index contributed by atoms with van der Waals surface area (Å²) in [6.45, 7) is 2.54. The van der Waals surface area contributed by atoms with Gasteiger partial charge in [0.15, 0.2) is 0 Å². The van der Waals surface area contributed by atoms with Crippen molar-refractivity contribution >= 4 is 17.6 Å². The number of benzene rings is 2. The minimum absolute atomic E-state index is 0.0966. The minimum atomic E-state index is -0.277. The zero-order chi connectivity index (χ0) is 18.2. The average molecular weight is 362 g/mol. The molecule has 0 radical (unpaired) electrons. The van der Waals surface area contributed by atoms with Crippen LogP contribution in [0.5, 0.6) is 0 Å². The van der Waals surface area contributed by atoms with E-state index in [0.29, 0.717) is 12.2 Å². The van der Waals surface area contributed by atoms with Gasteiger partial charge in [0.1, 0.15) is 5.82 Å². The van der Waals surface area contributed by atoms with Crippen LogP contribution in [0.4, 0.5) is 4.39 Å². The monoisotopic (exact) mass is 362 g/mol. The zero-order valence-electron chi connectivity index (χ0n) is 14.0. The molecule has 25 heavy (non-hydrogen) atoms. The van der Waals surface area contributed by atoms with Crippen LogP contribution in [0.1, 0.15) is 24.1 Å². The second-order valence-electron chi connectivity index (χ2n) is 5.50. The zero-order valence-corrected chi connectivity index (χ0v) is 14.8. The van der Waals surface area contributed by atoms with Crippen LogP contribution in [0, 0.1) is 5.82 Å². The molecule has 0 spiro atoms. The van der Waals surface area contributed by atoms with E-state index < -0.39 is 0 Å². The van der Waals surface area contributed by atoms with Crippen molar-refractivity contribution in [2.75, 3.05) is 13.2 Å². The van der Waals surface area contributed by atoms with Crippen molar-refractivity contribution < 1.29 is 9.50 Å². The van der Waals surface area contributed by atoms with Gasteiger partial charge in [-0.25, -0.2) is 10.2 Å². The van der Waals surface area contributed by atoms with Crippen molar-refractivity contribution in [3.63, 3.8) is 0 Å². The molecule has 0 saturated heterocycles. The normalized spacial score (nSPS) is 12.9. The number of rotatable bonds is 8. The lowest BCUT2D eigenvalue weighted by Gasteiger charge is -2.23. The van der Waals surface area contributed by atoms with Gasteiger partial charge in [-0.05, 0) is 54.3 Å². The van der Waals surface area contributed by atoms with E-state index in [1.807, 2.05) is 31.2 Å². The maximum Gasteiger partial charge on any atom is 0.123 e. The number of hydrogen-bond acceptors (Lipinski definition) is 6. The van der Waals surface area contributed by atoms with E-state index in [1.54, 1.807) is 18.3 Å². The molecule has 2 rings (SSSR count). The molecule has 2 aromatic carbocycles.